The van der Waals surface area contributed by atoms with Gasteiger partial charge in [0.15, 0.2) is 0 Å². The van der Waals surface area contributed by atoms with E-state index in [0.29, 0.717) is 17.7 Å². The summed E-state index contributed by atoms with van der Waals surface area (Å²) in [4.78, 5) is 21.3. The number of rotatable bonds is 4. The number of hydrogen-bond donors (Lipinski definition) is 2. The molecule has 0 bridgehead atoms. The molecule has 5 nitrogen and oxygen atoms in total. The van der Waals surface area contributed by atoms with Gasteiger partial charge in [-0.3, -0.25) is 4.79 Å². The molecule has 1 aromatic heterocycles. The van der Waals surface area contributed by atoms with Crippen LogP contribution in [0.4, 0.5) is 11.6 Å². The smallest absolute Gasteiger partial charge is 0.274 e. The summed E-state index contributed by atoms with van der Waals surface area (Å²) in [7, 11) is 0. The molecule has 0 radical (unpaired) electrons. The zero-order valence-electron chi connectivity index (χ0n) is 14.0. The summed E-state index contributed by atoms with van der Waals surface area (Å²) >= 11 is 0. The Morgan fingerprint density at radius 3 is 2.30 bits per heavy atom. The molecule has 23 heavy (non-hydrogen) atoms. The van der Waals surface area contributed by atoms with E-state index in [2.05, 4.69) is 39.7 Å². The lowest BCUT2D eigenvalue weighted by molar-refractivity contribution is 0.102. The van der Waals surface area contributed by atoms with Crippen molar-refractivity contribution in [2.24, 2.45) is 0 Å². The monoisotopic (exact) mass is 310 g/mol. The molecule has 1 aliphatic carbocycles. The second-order valence-corrected chi connectivity index (χ2v) is 6.36. The van der Waals surface area contributed by atoms with Gasteiger partial charge in [0.1, 0.15) is 5.69 Å². The van der Waals surface area contributed by atoms with Gasteiger partial charge in [-0.2, -0.15) is 0 Å². The molecule has 1 aromatic carbocycles. The molecule has 0 unspecified atom stereocenters. The molecular weight excluding hydrogens is 288 g/mol. The van der Waals surface area contributed by atoms with E-state index in [4.69, 9.17) is 0 Å². The van der Waals surface area contributed by atoms with Crippen LogP contribution >= 0.6 is 0 Å². The molecular formula is C18H22N4O. The van der Waals surface area contributed by atoms with Crippen molar-refractivity contribution in [1.29, 1.82) is 0 Å². The fourth-order valence-corrected chi connectivity index (χ4v) is 2.71. The van der Waals surface area contributed by atoms with Crippen LogP contribution in [0.2, 0.25) is 0 Å². The third kappa shape index (κ3) is 3.67. The number of anilines is 2. The zero-order chi connectivity index (χ0) is 16.6. The highest BCUT2D eigenvalue weighted by Gasteiger charge is 2.22. The molecule has 0 aliphatic heterocycles. The van der Waals surface area contributed by atoms with Crippen molar-refractivity contribution in [2.45, 2.75) is 46.6 Å². The maximum Gasteiger partial charge on any atom is 0.274 e. The Hall–Kier alpha value is -2.43. The van der Waals surface area contributed by atoms with E-state index in [1.807, 2.05) is 20.8 Å². The van der Waals surface area contributed by atoms with Gasteiger partial charge >= 0.3 is 0 Å². The molecule has 2 aromatic rings. The Kier molecular flexibility index (Phi) is 4.03. The predicted octanol–water partition coefficient (Wildman–Crippen LogP) is 3.54. The van der Waals surface area contributed by atoms with Crippen LogP contribution in [0.5, 0.6) is 0 Å². The number of carbonyl (C=O) groups excluding carboxylic acids is 1. The van der Waals surface area contributed by atoms with Gasteiger partial charge in [0.25, 0.3) is 5.91 Å². The first-order valence-corrected chi connectivity index (χ1v) is 7.94. The number of aromatic nitrogens is 2. The van der Waals surface area contributed by atoms with Crippen molar-refractivity contribution in [3.05, 3.63) is 46.3 Å². The molecule has 1 saturated carbocycles. The number of aryl methyl sites for hydroxylation is 4. The topological polar surface area (TPSA) is 66.9 Å². The summed E-state index contributed by atoms with van der Waals surface area (Å²) in [6, 6.07) is 6.29. The third-order valence-corrected chi connectivity index (χ3v) is 3.91. The number of amides is 1. The van der Waals surface area contributed by atoms with Crippen molar-refractivity contribution in [3.63, 3.8) is 0 Å². The summed E-state index contributed by atoms with van der Waals surface area (Å²) in [6.07, 6.45) is 2.28. The van der Waals surface area contributed by atoms with Crippen molar-refractivity contribution < 1.29 is 4.79 Å². The highest BCUT2D eigenvalue weighted by Crippen LogP contribution is 2.24. The minimum Gasteiger partial charge on any atom is -0.351 e. The van der Waals surface area contributed by atoms with Crippen LogP contribution in [0.15, 0.2) is 18.2 Å². The summed E-state index contributed by atoms with van der Waals surface area (Å²) < 4.78 is 0. The Morgan fingerprint density at radius 2 is 1.70 bits per heavy atom. The highest BCUT2D eigenvalue weighted by atomic mass is 16.1. The molecule has 1 aliphatic rings. The normalized spacial score (nSPS) is 13.7. The fraction of sp³-hybridized carbons (Fsp3) is 0.389. The van der Waals surface area contributed by atoms with Crippen LogP contribution in [0.3, 0.4) is 0 Å². The molecule has 1 amide bonds. The van der Waals surface area contributed by atoms with Crippen molar-refractivity contribution >= 4 is 17.5 Å². The lowest BCUT2D eigenvalue weighted by atomic mass is 10.0. The second kappa shape index (κ2) is 5.99. The molecule has 120 valence electrons. The SMILES string of the molecule is Cc1cc(C)c(NC(=O)c2cc(C)nc(NC3CC3)n2)c(C)c1. The Balaban J connectivity index is 1.84. The van der Waals surface area contributed by atoms with Crippen molar-refractivity contribution in [3.8, 4) is 0 Å². The molecule has 0 atom stereocenters. The van der Waals surface area contributed by atoms with Crippen LogP contribution in [-0.4, -0.2) is 21.9 Å². The maximum atomic E-state index is 12.6. The van der Waals surface area contributed by atoms with Crippen LogP contribution in [0, 0.1) is 27.7 Å². The number of nitrogens with one attached hydrogen (secondary N) is 2. The molecule has 2 N–H and O–H groups in total. The Morgan fingerprint density at radius 1 is 1.04 bits per heavy atom. The average Bonchev–Trinajstić information content (AvgIpc) is 3.25. The van der Waals surface area contributed by atoms with E-state index in [-0.39, 0.29) is 5.91 Å². The van der Waals surface area contributed by atoms with E-state index in [0.717, 1.165) is 35.3 Å². The molecule has 0 saturated heterocycles. The summed E-state index contributed by atoms with van der Waals surface area (Å²) in [5.74, 6) is 0.333. The van der Waals surface area contributed by atoms with Gasteiger partial charge in [0.2, 0.25) is 5.95 Å². The van der Waals surface area contributed by atoms with E-state index in [9.17, 15) is 4.79 Å². The summed E-state index contributed by atoms with van der Waals surface area (Å²) in [5, 5.41) is 6.23. The third-order valence-electron chi connectivity index (χ3n) is 3.91. The van der Waals surface area contributed by atoms with Gasteiger partial charge in [-0.1, -0.05) is 17.7 Å². The van der Waals surface area contributed by atoms with Gasteiger partial charge in [-0.05, 0) is 57.7 Å². The summed E-state index contributed by atoms with van der Waals surface area (Å²) in [5.41, 5.74) is 5.32. The van der Waals surface area contributed by atoms with Gasteiger partial charge in [-0.25, -0.2) is 9.97 Å². The minimum atomic E-state index is -0.204. The first-order chi connectivity index (χ1) is 10.9. The number of nitrogens with zero attached hydrogens (tertiary/aromatic N) is 2. The van der Waals surface area contributed by atoms with Gasteiger partial charge < -0.3 is 10.6 Å². The lowest BCUT2D eigenvalue weighted by Gasteiger charge is -2.13. The minimum absolute atomic E-state index is 0.204. The van der Waals surface area contributed by atoms with Crippen LogP contribution in [0.1, 0.15) is 45.7 Å². The van der Waals surface area contributed by atoms with Crippen LogP contribution < -0.4 is 10.6 Å². The first kappa shape index (κ1) is 15.5. The second-order valence-electron chi connectivity index (χ2n) is 6.36. The lowest BCUT2D eigenvalue weighted by Crippen LogP contribution is -2.17. The molecule has 1 heterocycles. The van der Waals surface area contributed by atoms with E-state index in [1.54, 1.807) is 6.07 Å². The van der Waals surface area contributed by atoms with Gasteiger partial charge in [0, 0.05) is 17.4 Å². The standard InChI is InChI=1S/C18H22N4O/c1-10-7-11(2)16(12(3)8-10)22-17(23)15-9-13(4)19-18(21-15)20-14-5-6-14/h7-9,14H,5-6H2,1-4H3,(H,22,23)(H,19,20,21). The molecule has 1 fully saturated rings. The number of carbonyl (C=O) groups is 1. The Labute approximate surface area is 136 Å². The van der Waals surface area contributed by atoms with Gasteiger partial charge in [-0.15, -0.1) is 0 Å². The van der Waals surface area contributed by atoms with Crippen molar-refractivity contribution in [1.82, 2.24) is 9.97 Å². The quantitative estimate of drug-likeness (QED) is 0.906. The number of hydrogen-bond acceptors (Lipinski definition) is 4. The fourth-order valence-electron chi connectivity index (χ4n) is 2.71. The maximum absolute atomic E-state index is 12.6. The molecule has 5 heteroatoms. The average molecular weight is 310 g/mol. The highest BCUT2D eigenvalue weighted by molar-refractivity contribution is 6.04. The predicted molar refractivity (Wildman–Crippen MR) is 92.0 cm³/mol. The zero-order valence-corrected chi connectivity index (χ0v) is 14.0. The largest absolute Gasteiger partial charge is 0.351 e. The van der Waals surface area contributed by atoms with E-state index < -0.39 is 0 Å². The van der Waals surface area contributed by atoms with E-state index >= 15 is 0 Å². The first-order valence-electron chi connectivity index (χ1n) is 7.94. The summed E-state index contributed by atoms with van der Waals surface area (Å²) in [6.45, 7) is 7.93. The van der Waals surface area contributed by atoms with Crippen LogP contribution in [-0.2, 0) is 0 Å². The van der Waals surface area contributed by atoms with Crippen molar-refractivity contribution in [2.75, 3.05) is 10.6 Å². The van der Waals surface area contributed by atoms with Gasteiger partial charge in [0.05, 0.1) is 0 Å². The molecule has 0 spiro atoms. The number of benzene rings is 1. The Bertz CT molecular complexity index is 743. The van der Waals surface area contributed by atoms with E-state index in [1.165, 1.54) is 5.56 Å². The molecule has 3 rings (SSSR count). The van der Waals surface area contributed by atoms with Crippen LogP contribution in [0.25, 0.3) is 0 Å².